The van der Waals surface area contributed by atoms with E-state index in [0.717, 1.165) is 42.7 Å². The van der Waals surface area contributed by atoms with Crippen molar-refractivity contribution in [1.82, 2.24) is 4.90 Å². The van der Waals surface area contributed by atoms with Gasteiger partial charge in [0, 0.05) is 24.6 Å². The van der Waals surface area contributed by atoms with Gasteiger partial charge < -0.3 is 15.5 Å². The third-order valence-corrected chi connectivity index (χ3v) is 6.12. The average Bonchev–Trinajstić information content (AvgIpc) is 3.05. The summed E-state index contributed by atoms with van der Waals surface area (Å²) in [5.41, 5.74) is 4.09. The molecule has 0 radical (unpaired) electrons. The Bertz CT molecular complexity index is 799. The van der Waals surface area contributed by atoms with E-state index < -0.39 is 0 Å². The number of carbonyl (C=O) groups is 1. The SMILES string of the molecule is CCN(C(=O)c1ccc(CC2(C)Nc3ccccc3N2)cc1)C1CCCCC1. The van der Waals surface area contributed by atoms with E-state index in [9.17, 15) is 4.79 Å². The van der Waals surface area contributed by atoms with Crippen molar-refractivity contribution in [1.29, 1.82) is 0 Å². The van der Waals surface area contributed by atoms with Gasteiger partial charge in [-0.1, -0.05) is 43.5 Å². The van der Waals surface area contributed by atoms with Crippen molar-refractivity contribution in [3.63, 3.8) is 0 Å². The first-order valence-corrected chi connectivity index (χ1v) is 10.6. The molecular weight excluding hydrogens is 346 g/mol. The summed E-state index contributed by atoms with van der Waals surface area (Å²) in [6.07, 6.45) is 6.93. The molecule has 1 aliphatic carbocycles. The second kappa shape index (κ2) is 7.86. The van der Waals surface area contributed by atoms with Crippen molar-refractivity contribution in [2.45, 2.75) is 64.1 Å². The van der Waals surface area contributed by atoms with Crippen molar-refractivity contribution < 1.29 is 4.79 Å². The molecule has 1 amide bonds. The molecule has 1 heterocycles. The topological polar surface area (TPSA) is 44.4 Å². The molecule has 4 heteroatoms. The van der Waals surface area contributed by atoms with E-state index in [0.29, 0.717) is 6.04 Å². The fourth-order valence-corrected chi connectivity index (χ4v) is 4.71. The number of fused-ring (bicyclic) bond motifs is 1. The highest BCUT2D eigenvalue weighted by Gasteiger charge is 2.31. The van der Waals surface area contributed by atoms with Crippen LogP contribution in [-0.2, 0) is 6.42 Å². The summed E-state index contributed by atoms with van der Waals surface area (Å²) in [6, 6.07) is 16.9. The molecule has 1 saturated carbocycles. The van der Waals surface area contributed by atoms with Gasteiger partial charge in [0.2, 0.25) is 0 Å². The molecule has 4 nitrogen and oxygen atoms in total. The zero-order valence-corrected chi connectivity index (χ0v) is 17.0. The average molecular weight is 378 g/mol. The lowest BCUT2D eigenvalue weighted by Gasteiger charge is -2.33. The number of hydrogen-bond acceptors (Lipinski definition) is 3. The van der Waals surface area contributed by atoms with Gasteiger partial charge in [0.25, 0.3) is 5.91 Å². The number of para-hydroxylation sites is 2. The molecule has 0 atom stereocenters. The predicted octanol–water partition coefficient (Wildman–Crippen LogP) is 5.28. The zero-order valence-electron chi connectivity index (χ0n) is 17.0. The highest BCUT2D eigenvalue weighted by molar-refractivity contribution is 5.94. The van der Waals surface area contributed by atoms with Crippen LogP contribution >= 0.6 is 0 Å². The number of amides is 1. The summed E-state index contributed by atoms with van der Waals surface area (Å²) >= 11 is 0. The molecule has 0 bridgehead atoms. The molecule has 0 aromatic heterocycles. The van der Waals surface area contributed by atoms with Crippen LogP contribution < -0.4 is 10.6 Å². The van der Waals surface area contributed by atoms with Gasteiger partial charge in [-0.25, -0.2) is 0 Å². The highest BCUT2D eigenvalue weighted by Crippen LogP contribution is 2.35. The molecule has 1 aliphatic heterocycles. The van der Waals surface area contributed by atoms with E-state index in [4.69, 9.17) is 0 Å². The predicted molar refractivity (Wildman–Crippen MR) is 116 cm³/mol. The fraction of sp³-hybridized carbons (Fsp3) is 0.458. The van der Waals surface area contributed by atoms with Crippen molar-refractivity contribution in [2.75, 3.05) is 17.2 Å². The Morgan fingerprint density at radius 3 is 2.18 bits per heavy atom. The van der Waals surface area contributed by atoms with Crippen LogP contribution in [0, 0.1) is 0 Å². The van der Waals surface area contributed by atoms with Gasteiger partial charge in [0.05, 0.1) is 11.4 Å². The van der Waals surface area contributed by atoms with E-state index in [1.165, 1.54) is 24.8 Å². The van der Waals surface area contributed by atoms with Crippen molar-refractivity contribution in [2.24, 2.45) is 0 Å². The van der Waals surface area contributed by atoms with E-state index in [-0.39, 0.29) is 11.6 Å². The quantitative estimate of drug-likeness (QED) is 0.745. The lowest BCUT2D eigenvalue weighted by atomic mass is 9.93. The minimum atomic E-state index is -0.216. The van der Waals surface area contributed by atoms with Crippen LogP contribution in [0.5, 0.6) is 0 Å². The molecule has 0 saturated heterocycles. The number of nitrogens with zero attached hydrogens (tertiary/aromatic N) is 1. The maximum absolute atomic E-state index is 13.0. The molecule has 2 aromatic carbocycles. The molecule has 4 rings (SSSR count). The Morgan fingerprint density at radius 1 is 1.00 bits per heavy atom. The van der Waals surface area contributed by atoms with E-state index in [2.05, 4.69) is 53.6 Å². The second-order valence-electron chi connectivity index (χ2n) is 8.38. The van der Waals surface area contributed by atoms with Gasteiger partial charge in [0.1, 0.15) is 5.66 Å². The van der Waals surface area contributed by atoms with Crippen LogP contribution in [0.3, 0.4) is 0 Å². The van der Waals surface area contributed by atoms with Crippen LogP contribution in [0.1, 0.15) is 61.9 Å². The summed E-state index contributed by atoms with van der Waals surface area (Å²) in [4.78, 5) is 15.1. The smallest absolute Gasteiger partial charge is 0.254 e. The normalized spacial score (nSPS) is 18.1. The number of rotatable bonds is 5. The molecule has 28 heavy (non-hydrogen) atoms. The maximum Gasteiger partial charge on any atom is 0.254 e. The van der Waals surface area contributed by atoms with Crippen LogP contribution in [0.2, 0.25) is 0 Å². The molecule has 148 valence electrons. The third kappa shape index (κ3) is 3.87. The molecule has 2 aromatic rings. The summed E-state index contributed by atoms with van der Waals surface area (Å²) in [6.45, 7) is 5.06. The monoisotopic (exact) mass is 377 g/mol. The molecule has 1 fully saturated rings. The molecular formula is C24H31N3O. The van der Waals surface area contributed by atoms with Gasteiger partial charge in [-0.3, -0.25) is 4.79 Å². The molecule has 2 N–H and O–H groups in total. The van der Waals surface area contributed by atoms with E-state index in [1.807, 2.05) is 24.3 Å². The molecule has 2 aliphatic rings. The number of nitrogens with one attached hydrogen (secondary N) is 2. The van der Waals surface area contributed by atoms with E-state index >= 15 is 0 Å². The van der Waals surface area contributed by atoms with Crippen LogP contribution in [0.4, 0.5) is 11.4 Å². The third-order valence-electron chi connectivity index (χ3n) is 6.12. The Hall–Kier alpha value is -2.49. The Kier molecular flexibility index (Phi) is 5.29. The fourth-order valence-electron chi connectivity index (χ4n) is 4.71. The Labute approximate surface area is 168 Å². The first-order valence-electron chi connectivity index (χ1n) is 10.6. The lowest BCUT2D eigenvalue weighted by Crippen LogP contribution is -2.41. The van der Waals surface area contributed by atoms with Gasteiger partial charge in [0.15, 0.2) is 0 Å². The first-order chi connectivity index (χ1) is 13.6. The Morgan fingerprint density at radius 2 is 1.61 bits per heavy atom. The van der Waals surface area contributed by atoms with E-state index in [1.54, 1.807) is 0 Å². The van der Waals surface area contributed by atoms with Crippen molar-refractivity contribution in [3.8, 4) is 0 Å². The largest absolute Gasteiger partial charge is 0.361 e. The summed E-state index contributed by atoms with van der Waals surface area (Å²) in [7, 11) is 0. The number of benzene rings is 2. The minimum Gasteiger partial charge on any atom is -0.361 e. The van der Waals surface area contributed by atoms with Gasteiger partial charge in [-0.05, 0) is 56.5 Å². The second-order valence-corrected chi connectivity index (χ2v) is 8.38. The number of carbonyl (C=O) groups excluding carboxylic acids is 1. The number of hydrogen-bond donors (Lipinski definition) is 2. The van der Waals surface area contributed by atoms with Crippen LogP contribution in [-0.4, -0.2) is 29.1 Å². The van der Waals surface area contributed by atoms with Gasteiger partial charge >= 0.3 is 0 Å². The van der Waals surface area contributed by atoms with Crippen LogP contribution in [0.15, 0.2) is 48.5 Å². The summed E-state index contributed by atoms with van der Waals surface area (Å²) in [5.74, 6) is 0.177. The first kappa shape index (κ1) is 18.9. The van der Waals surface area contributed by atoms with Crippen molar-refractivity contribution in [3.05, 3.63) is 59.7 Å². The summed E-state index contributed by atoms with van der Waals surface area (Å²) in [5, 5.41) is 7.16. The van der Waals surface area contributed by atoms with Gasteiger partial charge in [-0.2, -0.15) is 0 Å². The summed E-state index contributed by atoms with van der Waals surface area (Å²) < 4.78 is 0. The number of anilines is 2. The zero-order chi connectivity index (χ0) is 19.6. The molecule has 0 spiro atoms. The van der Waals surface area contributed by atoms with Gasteiger partial charge in [-0.15, -0.1) is 0 Å². The Balaban J connectivity index is 1.43. The highest BCUT2D eigenvalue weighted by atomic mass is 16.2. The standard InChI is InChI=1S/C24H31N3O/c1-3-27(20-9-5-4-6-10-20)23(28)19-15-13-18(14-16-19)17-24(2)25-21-11-7-8-12-22(21)26-24/h7-8,11-16,20,25-26H,3-6,9-10,17H2,1-2H3. The minimum absolute atomic E-state index is 0.177. The van der Waals surface area contributed by atoms with Crippen molar-refractivity contribution >= 4 is 17.3 Å². The maximum atomic E-state index is 13.0. The molecule has 0 unspecified atom stereocenters. The van der Waals surface area contributed by atoms with Crippen LogP contribution in [0.25, 0.3) is 0 Å². The lowest BCUT2D eigenvalue weighted by molar-refractivity contribution is 0.0648.